The molecule has 0 saturated carbocycles. The van der Waals surface area contributed by atoms with Gasteiger partial charge < -0.3 is 4.74 Å². The van der Waals surface area contributed by atoms with Crippen molar-refractivity contribution in [2.45, 2.75) is 26.7 Å². The van der Waals surface area contributed by atoms with E-state index in [1.54, 1.807) is 12.7 Å². The van der Waals surface area contributed by atoms with Crippen LogP contribution >= 0.6 is 0 Å². The Kier molecular flexibility index (Phi) is 4.24. The van der Waals surface area contributed by atoms with E-state index in [9.17, 15) is 0 Å². The van der Waals surface area contributed by atoms with E-state index in [1.807, 2.05) is 12.1 Å². The lowest BCUT2D eigenvalue weighted by Gasteiger charge is -2.27. The third-order valence-corrected chi connectivity index (χ3v) is 3.86. The minimum absolute atomic E-state index is 0.632. The zero-order chi connectivity index (χ0) is 13.0. The zero-order valence-electron chi connectivity index (χ0n) is 11.5. The average molecular weight is 242 g/mol. The van der Waals surface area contributed by atoms with Gasteiger partial charge in [-0.15, -0.1) is 0 Å². The number of methoxy groups -OCH3 is 1. The van der Waals surface area contributed by atoms with Crippen molar-refractivity contribution in [2.24, 2.45) is 11.8 Å². The SMILES string of the molecule is CCC1=CC=CC(C)C1Cc1ccc(OC)cc1. The maximum absolute atomic E-state index is 5.20. The van der Waals surface area contributed by atoms with Crippen LogP contribution in [-0.4, -0.2) is 7.11 Å². The standard InChI is InChI=1S/C17H22O/c1-4-15-7-5-6-13(2)17(15)12-14-8-10-16(18-3)11-9-14/h5-11,13,17H,4,12H2,1-3H3. The van der Waals surface area contributed by atoms with Crippen LogP contribution in [0.1, 0.15) is 25.8 Å². The molecule has 1 heteroatoms. The molecule has 0 spiro atoms. The van der Waals surface area contributed by atoms with Crippen LogP contribution in [0.2, 0.25) is 0 Å². The smallest absolute Gasteiger partial charge is 0.118 e. The molecule has 1 aromatic carbocycles. The fourth-order valence-corrected chi connectivity index (χ4v) is 2.66. The van der Waals surface area contributed by atoms with Gasteiger partial charge in [-0.1, -0.05) is 49.8 Å². The second-order valence-electron chi connectivity index (χ2n) is 5.00. The van der Waals surface area contributed by atoms with Crippen molar-refractivity contribution in [3.63, 3.8) is 0 Å². The first kappa shape index (κ1) is 12.9. The van der Waals surface area contributed by atoms with E-state index in [1.165, 1.54) is 5.56 Å². The molecule has 96 valence electrons. The molecule has 0 saturated heterocycles. The van der Waals surface area contributed by atoms with Crippen molar-refractivity contribution in [3.05, 3.63) is 53.6 Å². The molecule has 0 heterocycles. The summed E-state index contributed by atoms with van der Waals surface area (Å²) in [6, 6.07) is 8.45. The van der Waals surface area contributed by atoms with Gasteiger partial charge in [-0.05, 0) is 42.4 Å². The predicted molar refractivity (Wildman–Crippen MR) is 76.9 cm³/mol. The Morgan fingerprint density at radius 2 is 1.89 bits per heavy atom. The second kappa shape index (κ2) is 5.90. The van der Waals surface area contributed by atoms with Gasteiger partial charge in [0.2, 0.25) is 0 Å². The molecular formula is C17H22O. The van der Waals surface area contributed by atoms with Crippen molar-refractivity contribution in [1.82, 2.24) is 0 Å². The Hall–Kier alpha value is -1.50. The van der Waals surface area contributed by atoms with Gasteiger partial charge in [0.05, 0.1) is 7.11 Å². The van der Waals surface area contributed by atoms with E-state index in [0.29, 0.717) is 11.8 Å². The summed E-state index contributed by atoms with van der Waals surface area (Å²) in [6.45, 7) is 4.56. The summed E-state index contributed by atoms with van der Waals surface area (Å²) in [5, 5.41) is 0. The number of ether oxygens (including phenoxy) is 1. The molecule has 1 nitrogen and oxygen atoms in total. The van der Waals surface area contributed by atoms with Crippen molar-refractivity contribution < 1.29 is 4.74 Å². The van der Waals surface area contributed by atoms with Gasteiger partial charge in [0.1, 0.15) is 5.75 Å². The summed E-state index contributed by atoms with van der Waals surface area (Å²) in [5.41, 5.74) is 2.96. The Bertz CT molecular complexity index is 439. The van der Waals surface area contributed by atoms with E-state index in [0.717, 1.165) is 18.6 Å². The molecule has 0 radical (unpaired) electrons. The molecule has 0 fully saturated rings. The Morgan fingerprint density at radius 3 is 2.50 bits per heavy atom. The van der Waals surface area contributed by atoms with Gasteiger partial charge in [-0.3, -0.25) is 0 Å². The molecule has 1 aliphatic carbocycles. The van der Waals surface area contributed by atoms with Crippen molar-refractivity contribution >= 4 is 0 Å². The van der Waals surface area contributed by atoms with Crippen LogP contribution in [0, 0.1) is 11.8 Å². The van der Waals surface area contributed by atoms with Crippen LogP contribution in [0.5, 0.6) is 5.75 Å². The third kappa shape index (κ3) is 2.84. The molecule has 0 amide bonds. The number of hydrogen-bond donors (Lipinski definition) is 0. The van der Waals surface area contributed by atoms with E-state index < -0.39 is 0 Å². The summed E-state index contributed by atoms with van der Waals surface area (Å²) in [6.07, 6.45) is 9.07. The number of benzene rings is 1. The highest BCUT2D eigenvalue weighted by molar-refractivity contribution is 5.30. The van der Waals surface area contributed by atoms with E-state index >= 15 is 0 Å². The van der Waals surface area contributed by atoms with Crippen LogP contribution in [0.4, 0.5) is 0 Å². The van der Waals surface area contributed by atoms with Gasteiger partial charge >= 0.3 is 0 Å². The highest BCUT2D eigenvalue weighted by Gasteiger charge is 2.20. The first-order valence-electron chi connectivity index (χ1n) is 6.74. The highest BCUT2D eigenvalue weighted by Crippen LogP contribution is 2.31. The average Bonchev–Trinajstić information content (AvgIpc) is 2.42. The lowest BCUT2D eigenvalue weighted by molar-refractivity contribution is 0.414. The first-order valence-corrected chi connectivity index (χ1v) is 6.74. The summed E-state index contributed by atoms with van der Waals surface area (Å²) in [4.78, 5) is 0. The molecule has 0 N–H and O–H groups in total. The summed E-state index contributed by atoms with van der Waals surface area (Å²) in [5.74, 6) is 2.21. The Labute approximate surface area is 110 Å². The summed E-state index contributed by atoms with van der Waals surface area (Å²) in [7, 11) is 1.71. The molecule has 0 bridgehead atoms. The van der Waals surface area contributed by atoms with Crippen molar-refractivity contribution in [1.29, 1.82) is 0 Å². The minimum Gasteiger partial charge on any atom is -0.497 e. The lowest BCUT2D eigenvalue weighted by Crippen LogP contribution is -2.17. The van der Waals surface area contributed by atoms with E-state index in [2.05, 4.69) is 44.2 Å². The molecule has 18 heavy (non-hydrogen) atoms. The summed E-state index contributed by atoms with van der Waals surface area (Å²) >= 11 is 0. The topological polar surface area (TPSA) is 9.23 Å². The number of rotatable bonds is 4. The first-order chi connectivity index (χ1) is 8.74. The van der Waals surface area contributed by atoms with Crippen LogP contribution < -0.4 is 4.74 Å². The Balaban J connectivity index is 2.11. The van der Waals surface area contributed by atoms with Crippen LogP contribution in [0.25, 0.3) is 0 Å². The van der Waals surface area contributed by atoms with Gasteiger partial charge in [-0.2, -0.15) is 0 Å². The fraction of sp³-hybridized carbons (Fsp3) is 0.412. The number of allylic oxidation sites excluding steroid dienone is 4. The number of hydrogen-bond acceptors (Lipinski definition) is 1. The second-order valence-corrected chi connectivity index (χ2v) is 5.00. The molecule has 0 aromatic heterocycles. The molecule has 0 aliphatic heterocycles. The van der Waals surface area contributed by atoms with E-state index in [4.69, 9.17) is 4.74 Å². The van der Waals surface area contributed by atoms with Gasteiger partial charge in [0, 0.05) is 0 Å². The normalized spacial score (nSPS) is 22.7. The lowest BCUT2D eigenvalue weighted by atomic mass is 9.78. The van der Waals surface area contributed by atoms with Gasteiger partial charge in [-0.25, -0.2) is 0 Å². The van der Waals surface area contributed by atoms with Gasteiger partial charge in [0.25, 0.3) is 0 Å². The van der Waals surface area contributed by atoms with Crippen LogP contribution in [-0.2, 0) is 6.42 Å². The molecule has 2 atom stereocenters. The molecule has 2 rings (SSSR count). The quantitative estimate of drug-likeness (QED) is 0.760. The highest BCUT2D eigenvalue weighted by atomic mass is 16.5. The molecule has 1 aliphatic rings. The van der Waals surface area contributed by atoms with Crippen LogP contribution in [0.15, 0.2) is 48.1 Å². The molecule has 2 unspecified atom stereocenters. The van der Waals surface area contributed by atoms with Crippen molar-refractivity contribution in [2.75, 3.05) is 7.11 Å². The molecular weight excluding hydrogens is 220 g/mol. The van der Waals surface area contributed by atoms with E-state index in [-0.39, 0.29) is 0 Å². The Morgan fingerprint density at radius 1 is 1.17 bits per heavy atom. The maximum atomic E-state index is 5.20. The maximum Gasteiger partial charge on any atom is 0.118 e. The van der Waals surface area contributed by atoms with Crippen molar-refractivity contribution in [3.8, 4) is 5.75 Å². The minimum atomic E-state index is 0.632. The monoisotopic (exact) mass is 242 g/mol. The zero-order valence-corrected chi connectivity index (χ0v) is 11.5. The molecule has 1 aromatic rings. The largest absolute Gasteiger partial charge is 0.497 e. The third-order valence-electron chi connectivity index (χ3n) is 3.86. The van der Waals surface area contributed by atoms with Crippen LogP contribution in [0.3, 0.4) is 0 Å². The summed E-state index contributed by atoms with van der Waals surface area (Å²) < 4.78 is 5.20. The van der Waals surface area contributed by atoms with Gasteiger partial charge in [0.15, 0.2) is 0 Å². The predicted octanol–water partition coefficient (Wildman–Crippen LogP) is 4.40. The fourth-order valence-electron chi connectivity index (χ4n) is 2.66.